The molecular weight excluding hydrogens is 273 g/mol. The minimum atomic E-state index is -0.403. The Kier molecular flexibility index (Phi) is 2.84. The molecule has 1 N–H and O–H groups in total. The number of halogens is 2. The van der Waals surface area contributed by atoms with Gasteiger partial charge in [-0.15, -0.1) is 0 Å². The monoisotopic (exact) mass is 283 g/mol. The summed E-state index contributed by atoms with van der Waals surface area (Å²) >= 11 is 3.12. The Labute approximate surface area is 101 Å². The summed E-state index contributed by atoms with van der Waals surface area (Å²) < 4.78 is 13.7. The van der Waals surface area contributed by atoms with Crippen LogP contribution in [-0.2, 0) is 6.42 Å². The van der Waals surface area contributed by atoms with Crippen molar-refractivity contribution in [2.24, 2.45) is 0 Å². The second kappa shape index (κ2) is 4.01. The van der Waals surface area contributed by atoms with Crippen molar-refractivity contribution >= 4 is 26.8 Å². The van der Waals surface area contributed by atoms with E-state index in [2.05, 4.69) is 20.9 Å². The number of H-pyrrole nitrogens is 1. The molecule has 16 heavy (non-hydrogen) atoms. The molecule has 1 heterocycles. The van der Waals surface area contributed by atoms with Gasteiger partial charge in [-0.05, 0) is 40.9 Å². The van der Waals surface area contributed by atoms with Crippen LogP contribution in [0.4, 0.5) is 4.39 Å². The molecule has 0 radical (unpaired) electrons. The van der Waals surface area contributed by atoms with E-state index in [9.17, 15) is 9.18 Å². The molecule has 4 heteroatoms. The molecule has 0 aliphatic heterocycles. The van der Waals surface area contributed by atoms with E-state index in [0.29, 0.717) is 10.9 Å². The number of nitrogens with one attached hydrogen (secondary N) is 1. The second-order valence-electron chi connectivity index (χ2n) is 3.75. The lowest BCUT2D eigenvalue weighted by molar-refractivity contribution is 0.622. The summed E-state index contributed by atoms with van der Waals surface area (Å²) in [4.78, 5) is 15.0. The van der Waals surface area contributed by atoms with E-state index in [0.717, 1.165) is 17.7 Å². The van der Waals surface area contributed by atoms with Gasteiger partial charge in [-0.1, -0.05) is 6.92 Å². The number of aromatic nitrogens is 1. The van der Waals surface area contributed by atoms with Gasteiger partial charge < -0.3 is 4.98 Å². The minimum absolute atomic E-state index is 0.153. The maximum atomic E-state index is 13.5. The van der Waals surface area contributed by atoms with Gasteiger partial charge in [-0.3, -0.25) is 4.79 Å². The van der Waals surface area contributed by atoms with Crippen molar-refractivity contribution in [2.45, 2.75) is 20.3 Å². The predicted octanol–water partition coefficient (Wildman–Crippen LogP) is 3.30. The van der Waals surface area contributed by atoms with Crippen molar-refractivity contribution in [3.8, 4) is 0 Å². The van der Waals surface area contributed by atoms with Crippen LogP contribution in [0, 0.1) is 12.7 Å². The van der Waals surface area contributed by atoms with Crippen LogP contribution in [0.3, 0.4) is 0 Å². The molecular formula is C12H11BrFNO. The first-order valence-electron chi connectivity index (χ1n) is 5.05. The Balaban J connectivity index is 3.00. The number of hydrogen-bond acceptors (Lipinski definition) is 1. The van der Waals surface area contributed by atoms with Crippen molar-refractivity contribution in [2.75, 3.05) is 0 Å². The molecule has 2 rings (SSSR count). The van der Waals surface area contributed by atoms with Gasteiger partial charge in [0, 0.05) is 11.8 Å². The van der Waals surface area contributed by atoms with Crippen LogP contribution in [0.5, 0.6) is 0 Å². The third-order valence-corrected chi connectivity index (χ3v) is 3.41. The first-order valence-corrected chi connectivity index (χ1v) is 5.84. The van der Waals surface area contributed by atoms with Gasteiger partial charge in [-0.25, -0.2) is 4.39 Å². The second-order valence-corrected chi connectivity index (χ2v) is 4.54. The minimum Gasteiger partial charge on any atom is -0.358 e. The molecule has 0 unspecified atom stereocenters. The molecule has 0 bridgehead atoms. The molecule has 84 valence electrons. The van der Waals surface area contributed by atoms with E-state index < -0.39 is 5.82 Å². The summed E-state index contributed by atoms with van der Waals surface area (Å²) in [6.45, 7) is 3.75. The van der Waals surface area contributed by atoms with E-state index in [1.165, 1.54) is 12.1 Å². The Hall–Kier alpha value is -1.16. The lowest BCUT2D eigenvalue weighted by atomic mass is 10.1. The van der Waals surface area contributed by atoms with Crippen LogP contribution in [0.25, 0.3) is 10.9 Å². The fourth-order valence-corrected chi connectivity index (χ4v) is 2.27. The van der Waals surface area contributed by atoms with Gasteiger partial charge in [-0.2, -0.15) is 0 Å². The number of rotatable bonds is 1. The lowest BCUT2D eigenvalue weighted by Crippen LogP contribution is -2.07. The standard InChI is InChI=1S/C12H11BrFNO/c1-3-7-5-9(16)10-11(13)8(14)4-6(2)12(10)15-7/h4-5H,3H2,1-2H3,(H,15,16). The van der Waals surface area contributed by atoms with Gasteiger partial charge in [0.05, 0.1) is 15.4 Å². The highest BCUT2D eigenvalue weighted by molar-refractivity contribution is 9.10. The Bertz CT molecular complexity index is 618. The highest BCUT2D eigenvalue weighted by atomic mass is 79.9. The van der Waals surface area contributed by atoms with Gasteiger partial charge in [0.1, 0.15) is 5.82 Å². The van der Waals surface area contributed by atoms with Crippen LogP contribution in [0.15, 0.2) is 21.4 Å². The number of aryl methyl sites for hydroxylation is 2. The van der Waals surface area contributed by atoms with E-state index in [1.54, 1.807) is 6.92 Å². The quantitative estimate of drug-likeness (QED) is 0.856. The summed E-state index contributed by atoms with van der Waals surface area (Å²) in [7, 11) is 0. The van der Waals surface area contributed by atoms with Crippen LogP contribution >= 0.6 is 15.9 Å². The molecule has 0 atom stereocenters. The first-order chi connectivity index (χ1) is 7.54. The fraction of sp³-hybridized carbons (Fsp3) is 0.250. The molecule has 0 amide bonds. The largest absolute Gasteiger partial charge is 0.358 e. The van der Waals surface area contributed by atoms with Crippen LogP contribution in [-0.4, -0.2) is 4.98 Å². The van der Waals surface area contributed by atoms with Crippen molar-refractivity contribution in [3.63, 3.8) is 0 Å². The molecule has 0 spiro atoms. The Morgan fingerprint density at radius 1 is 1.44 bits per heavy atom. The van der Waals surface area contributed by atoms with Gasteiger partial charge in [0.15, 0.2) is 5.43 Å². The fourth-order valence-electron chi connectivity index (χ4n) is 1.76. The summed E-state index contributed by atoms with van der Waals surface area (Å²) in [5, 5.41) is 0.384. The molecule has 0 aliphatic carbocycles. The van der Waals surface area contributed by atoms with E-state index >= 15 is 0 Å². The molecule has 0 saturated heterocycles. The topological polar surface area (TPSA) is 32.9 Å². The average Bonchev–Trinajstić information content (AvgIpc) is 2.25. The molecule has 2 nitrogen and oxygen atoms in total. The average molecular weight is 284 g/mol. The number of fused-ring (bicyclic) bond motifs is 1. The third-order valence-electron chi connectivity index (χ3n) is 2.63. The Morgan fingerprint density at radius 3 is 2.75 bits per heavy atom. The number of benzene rings is 1. The van der Waals surface area contributed by atoms with Crippen LogP contribution in [0.2, 0.25) is 0 Å². The maximum absolute atomic E-state index is 13.5. The van der Waals surface area contributed by atoms with Crippen molar-refractivity contribution in [3.05, 3.63) is 43.9 Å². The SMILES string of the molecule is CCc1cc(=O)c2c(Br)c(F)cc(C)c2[nH]1. The van der Waals surface area contributed by atoms with Gasteiger partial charge in [0.2, 0.25) is 0 Å². The van der Waals surface area contributed by atoms with Crippen molar-refractivity contribution in [1.29, 1.82) is 0 Å². The third kappa shape index (κ3) is 1.67. The van der Waals surface area contributed by atoms with Crippen LogP contribution < -0.4 is 5.43 Å². The van der Waals surface area contributed by atoms with E-state index in [4.69, 9.17) is 0 Å². The van der Waals surface area contributed by atoms with Crippen LogP contribution in [0.1, 0.15) is 18.2 Å². The first kappa shape index (κ1) is 11.3. The summed E-state index contributed by atoms with van der Waals surface area (Å²) in [5.41, 5.74) is 2.15. The van der Waals surface area contributed by atoms with Gasteiger partial charge in [0.25, 0.3) is 0 Å². The summed E-state index contributed by atoms with van der Waals surface area (Å²) in [6.07, 6.45) is 0.750. The zero-order valence-corrected chi connectivity index (χ0v) is 10.6. The summed E-state index contributed by atoms with van der Waals surface area (Å²) in [5.74, 6) is -0.403. The lowest BCUT2D eigenvalue weighted by Gasteiger charge is -2.07. The number of pyridine rings is 1. The number of aromatic amines is 1. The number of hydrogen-bond donors (Lipinski definition) is 1. The highest BCUT2D eigenvalue weighted by Crippen LogP contribution is 2.26. The maximum Gasteiger partial charge on any atom is 0.190 e. The molecule has 2 aromatic rings. The zero-order valence-electron chi connectivity index (χ0n) is 9.03. The molecule has 1 aromatic carbocycles. The highest BCUT2D eigenvalue weighted by Gasteiger charge is 2.12. The molecule has 0 aliphatic rings. The zero-order chi connectivity index (χ0) is 11.9. The normalized spacial score (nSPS) is 11.0. The van der Waals surface area contributed by atoms with Gasteiger partial charge >= 0.3 is 0 Å². The molecule has 0 fully saturated rings. The predicted molar refractivity (Wildman–Crippen MR) is 66.3 cm³/mol. The molecule has 0 saturated carbocycles. The van der Waals surface area contributed by atoms with Crippen molar-refractivity contribution < 1.29 is 4.39 Å². The summed E-state index contributed by atoms with van der Waals surface area (Å²) in [6, 6.07) is 2.94. The molecule has 1 aromatic heterocycles. The smallest absolute Gasteiger partial charge is 0.190 e. The van der Waals surface area contributed by atoms with E-state index in [-0.39, 0.29) is 9.90 Å². The van der Waals surface area contributed by atoms with Crippen molar-refractivity contribution in [1.82, 2.24) is 4.98 Å². The van der Waals surface area contributed by atoms with E-state index in [1.807, 2.05) is 6.92 Å². The Morgan fingerprint density at radius 2 is 2.12 bits per heavy atom.